The molecule has 0 rings (SSSR count). The van der Waals surface area contributed by atoms with Gasteiger partial charge in [-0.3, -0.25) is 9.59 Å². The van der Waals surface area contributed by atoms with E-state index in [1.807, 2.05) is 0 Å². The summed E-state index contributed by atoms with van der Waals surface area (Å²) in [7, 11) is 2.85. The van der Waals surface area contributed by atoms with Gasteiger partial charge < -0.3 is 15.5 Å². The molecule has 0 aromatic carbocycles. The average Bonchev–Trinajstić information content (AvgIpc) is 2.25. The van der Waals surface area contributed by atoms with Crippen molar-refractivity contribution in [1.82, 2.24) is 9.80 Å². The smallest absolute Gasteiger partial charge is 0.347 e. The number of halogens is 3. The van der Waals surface area contributed by atoms with Crippen molar-refractivity contribution in [3.8, 4) is 0 Å². The zero-order valence-electron chi connectivity index (χ0n) is 12.0. The zero-order valence-corrected chi connectivity index (χ0v) is 12.0. The molecule has 0 radical (unpaired) electrons. The van der Waals surface area contributed by atoms with Gasteiger partial charge >= 0.3 is 6.18 Å². The van der Waals surface area contributed by atoms with Crippen molar-refractivity contribution in [2.24, 2.45) is 5.73 Å². The minimum atomic E-state index is -4.52. The highest BCUT2D eigenvalue weighted by atomic mass is 19.4. The first-order chi connectivity index (χ1) is 9.03. The van der Waals surface area contributed by atoms with E-state index in [0.717, 1.165) is 4.90 Å². The molecule has 0 aromatic heterocycles. The maximum atomic E-state index is 12.4. The van der Waals surface area contributed by atoms with E-state index in [1.54, 1.807) is 6.92 Å². The second-order valence-electron chi connectivity index (χ2n) is 5.02. The first kappa shape index (κ1) is 18.7. The van der Waals surface area contributed by atoms with E-state index < -0.39 is 31.1 Å². The van der Waals surface area contributed by atoms with Crippen molar-refractivity contribution >= 4 is 11.8 Å². The summed E-state index contributed by atoms with van der Waals surface area (Å²) in [5, 5.41) is 0. The highest BCUT2D eigenvalue weighted by Gasteiger charge is 2.33. The van der Waals surface area contributed by atoms with Crippen LogP contribution >= 0.6 is 0 Å². The topological polar surface area (TPSA) is 66.6 Å². The summed E-state index contributed by atoms with van der Waals surface area (Å²) in [6.07, 6.45) is -3.62. The van der Waals surface area contributed by atoms with E-state index in [0.29, 0.717) is 17.7 Å². The summed E-state index contributed by atoms with van der Waals surface area (Å²) < 4.78 is 37.3. The molecule has 0 saturated heterocycles. The molecular formula is C12H22F3N3O2. The molecule has 20 heavy (non-hydrogen) atoms. The molecule has 0 aromatic rings. The summed E-state index contributed by atoms with van der Waals surface area (Å²) in [5.41, 5.74) is 5.51. The Morgan fingerprint density at radius 3 is 2.15 bits per heavy atom. The fourth-order valence-electron chi connectivity index (χ4n) is 1.49. The highest BCUT2D eigenvalue weighted by Crippen LogP contribution is 2.17. The van der Waals surface area contributed by atoms with E-state index in [1.165, 1.54) is 14.1 Å². The Labute approximate surface area is 116 Å². The largest absolute Gasteiger partial charge is 0.406 e. The summed E-state index contributed by atoms with van der Waals surface area (Å²) in [6.45, 7) is -0.222. The summed E-state index contributed by atoms with van der Waals surface area (Å²) in [5.74, 6) is -1.23. The van der Waals surface area contributed by atoms with Crippen LogP contribution in [0.2, 0.25) is 0 Å². The first-order valence-corrected chi connectivity index (χ1v) is 6.33. The van der Waals surface area contributed by atoms with E-state index in [2.05, 4.69) is 0 Å². The van der Waals surface area contributed by atoms with Crippen LogP contribution in [0.25, 0.3) is 0 Å². The van der Waals surface area contributed by atoms with Crippen LogP contribution in [0, 0.1) is 0 Å². The highest BCUT2D eigenvalue weighted by molar-refractivity contribution is 5.84. The predicted octanol–water partition coefficient (Wildman–Crippen LogP) is 0.983. The Hall–Kier alpha value is -1.31. The number of alkyl halides is 3. The molecule has 2 N–H and O–H groups in total. The normalized spacial score (nSPS) is 12.9. The van der Waals surface area contributed by atoms with E-state index >= 15 is 0 Å². The van der Waals surface area contributed by atoms with Crippen LogP contribution in [-0.4, -0.2) is 61.0 Å². The molecule has 0 fully saturated rings. The number of rotatable bonds is 7. The molecular weight excluding hydrogens is 275 g/mol. The molecule has 8 heteroatoms. The monoisotopic (exact) mass is 297 g/mol. The Balaban J connectivity index is 4.58. The Morgan fingerprint density at radius 2 is 1.75 bits per heavy atom. The van der Waals surface area contributed by atoms with Crippen molar-refractivity contribution < 1.29 is 22.8 Å². The lowest BCUT2D eigenvalue weighted by Gasteiger charge is -2.25. The minimum absolute atomic E-state index is 0.0433. The van der Waals surface area contributed by atoms with Gasteiger partial charge in [-0.05, 0) is 19.8 Å². The SMILES string of the molecule is CC(N)CCCC(=O)N(CC(=O)N(C)C)CC(F)(F)F. The lowest BCUT2D eigenvalue weighted by atomic mass is 10.1. The third-order valence-corrected chi connectivity index (χ3v) is 2.60. The Bertz CT molecular complexity index is 330. The van der Waals surface area contributed by atoms with Crippen LogP contribution in [0.15, 0.2) is 0 Å². The molecule has 5 nitrogen and oxygen atoms in total. The van der Waals surface area contributed by atoms with Gasteiger partial charge in [0.25, 0.3) is 0 Å². The second-order valence-corrected chi connectivity index (χ2v) is 5.02. The number of amides is 2. The van der Waals surface area contributed by atoms with Gasteiger partial charge in [0.1, 0.15) is 13.1 Å². The maximum absolute atomic E-state index is 12.4. The first-order valence-electron chi connectivity index (χ1n) is 6.33. The molecule has 0 aliphatic heterocycles. The van der Waals surface area contributed by atoms with Gasteiger partial charge in [0.15, 0.2) is 0 Å². The number of hydrogen-bond acceptors (Lipinski definition) is 3. The molecule has 2 amide bonds. The van der Waals surface area contributed by atoms with Crippen LogP contribution < -0.4 is 5.73 Å². The second kappa shape index (κ2) is 8.08. The third kappa shape index (κ3) is 8.73. The summed E-state index contributed by atoms with van der Waals surface area (Å²) in [6, 6.07) is -0.109. The Kier molecular flexibility index (Phi) is 7.55. The van der Waals surface area contributed by atoms with Crippen LogP contribution in [0.4, 0.5) is 13.2 Å². The van der Waals surface area contributed by atoms with E-state index in [4.69, 9.17) is 5.73 Å². The summed E-state index contributed by atoms with van der Waals surface area (Å²) >= 11 is 0. The predicted molar refractivity (Wildman–Crippen MR) is 68.8 cm³/mol. The standard InChI is InChI=1S/C12H22F3N3O2/c1-9(16)5-4-6-10(19)18(8-12(13,14)15)7-11(20)17(2)3/h9H,4-8,16H2,1-3H3. The van der Waals surface area contributed by atoms with Crippen molar-refractivity contribution in [3.05, 3.63) is 0 Å². The number of hydrogen-bond donors (Lipinski definition) is 1. The van der Waals surface area contributed by atoms with Crippen LogP contribution in [0.5, 0.6) is 0 Å². The lowest BCUT2D eigenvalue weighted by molar-refractivity contribution is -0.164. The molecule has 0 spiro atoms. The quantitative estimate of drug-likeness (QED) is 0.762. The molecule has 118 valence electrons. The van der Waals surface area contributed by atoms with Gasteiger partial charge in [-0.2, -0.15) is 13.2 Å². The van der Waals surface area contributed by atoms with Gasteiger partial charge in [-0.1, -0.05) is 0 Å². The van der Waals surface area contributed by atoms with Crippen molar-refractivity contribution in [2.45, 2.75) is 38.4 Å². The van der Waals surface area contributed by atoms with Crippen molar-refractivity contribution in [2.75, 3.05) is 27.2 Å². The van der Waals surface area contributed by atoms with E-state index in [9.17, 15) is 22.8 Å². The maximum Gasteiger partial charge on any atom is 0.406 e. The van der Waals surface area contributed by atoms with Crippen LogP contribution in [-0.2, 0) is 9.59 Å². The fourth-order valence-corrected chi connectivity index (χ4v) is 1.49. The molecule has 1 atom stereocenters. The molecule has 1 unspecified atom stereocenters. The number of nitrogens with zero attached hydrogens (tertiary/aromatic N) is 2. The average molecular weight is 297 g/mol. The number of likely N-dealkylation sites (N-methyl/N-ethyl adjacent to an activating group) is 1. The van der Waals surface area contributed by atoms with Gasteiger partial charge in [-0.15, -0.1) is 0 Å². The molecule has 0 aliphatic carbocycles. The number of carbonyl (C=O) groups is 2. The minimum Gasteiger partial charge on any atom is -0.347 e. The summed E-state index contributed by atoms with van der Waals surface area (Å²) in [4.78, 5) is 24.9. The van der Waals surface area contributed by atoms with Crippen molar-refractivity contribution in [3.63, 3.8) is 0 Å². The Morgan fingerprint density at radius 1 is 1.20 bits per heavy atom. The third-order valence-electron chi connectivity index (χ3n) is 2.60. The molecule has 0 bridgehead atoms. The zero-order chi connectivity index (χ0) is 15.9. The lowest BCUT2D eigenvalue weighted by Crippen LogP contribution is -2.44. The molecule has 0 saturated carbocycles. The fraction of sp³-hybridized carbons (Fsp3) is 0.833. The van der Waals surface area contributed by atoms with Crippen molar-refractivity contribution in [1.29, 1.82) is 0 Å². The number of nitrogens with two attached hydrogens (primary N) is 1. The van der Waals surface area contributed by atoms with E-state index in [-0.39, 0.29) is 12.5 Å². The van der Waals surface area contributed by atoms with Gasteiger partial charge in [0, 0.05) is 26.6 Å². The molecule has 0 heterocycles. The van der Waals surface area contributed by atoms with Gasteiger partial charge in [0.2, 0.25) is 11.8 Å². The van der Waals surface area contributed by atoms with Crippen LogP contribution in [0.3, 0.4) is 0 Å². The van der Waals surface area contributed by atoms with Gasteiger partial charge in [-0.25, -0.2) is 0 Å². The van der Waals surface area contributed by atoms with Gasteiger partial charge in [0.05, 0.1) is 0 Å². The molecule has 0 aliphatic rings. The van der Waals surface area contributed by atoms with Crippen LogP contribution in [0.1, 0.15) is 26.2 Å². The number of carbonyl (C=O) groups excluding carboxylic acids is 2.